The zero-order valence-corrected chi connectivity index (χ0v) is 16.3. The van der Waals surface area contributed by atoms with Crippen molar-refractivity contribution >= 4 is 23.2 Å². The number of fused-ring (bicyclic) bond motifs is 1. The summed E-state index contributed by atoms with van der Waals surface area (Å²) in [5, 5.41) is 6.04. The number of aryl methyl sites for hydroxylation is 2. The van der Waals surface area contributed by atoms with Gasteiger partial charge in [0.15, 0.2) is 0 Å². The number of thiophene rings is 1. The molecular weight excluding hydrogens is 356 g/mol. The van der Waals surface area contributed by atoms with Crippen LogP contribution in [0.5, 0.6) is 0 Å². The van der Waals surface area contributed by atoms with Crippen molar-refractivity contribution in [3.63, 3.8) is 0 Å². The van der Waals surface area contributed by atoms with Gasteiger partial charge in [-0.3, -0.25) is 9.59 Å². The molecule has 27 heavy (non-hydrogen) atoms. The summed E-state index contributed by atoms with van der Waals surface area (Å²) < 4.78 is 0. The minimum absolute atomic E-state index is 0.0761. The van der Waals surface area contributed by atoms with Gasteiger partial charge in [-0.15, -0.1) is 11.3 Å². The molecule has 0 radical (unpaired) electrons. The number of carbonyl (C=O) groups is 2. The summed E-state index contributed by atoms with van der Waals surface area (Å²) in [4.78, 5) is 27.6. The van der Waals surface area contributed by atoms with Gasteiger partial charge >= 0.3 is 0 Å². The molecule has 2 aliphatic carbocycles. The topological polar surface area (TPSA) is 58.2 Å². The monoisotopic (exact) mass is 382 g/mol. The highest BCUT2D eigenvalue weighted by Gasteiger charge is 2.29. The highest BCUT2D eigenvalue weighted by molar-refractivity contribution is 7.14. The fraction of sp³-hybridized carbons (Fsp3) is 0.455. The maximum Gasteiger partial charge on any atom is 0.262 e. The SMILES string of the molecule is O=C(NC(Cc1ccccc1)C(=O)NC1CC1)c1cc2c(s1)CCCCC2. The van der Waals surface area contributed by atoms with E-state index in [2.05, 4.69) is 10.6 Å². The first-order chi connectivity index (χ1) is 13.2. The molecule has 0 spiro atoms. The zero-order valence-electron chi connectivity index (χ0n) is 15.5. The molecule has 2 aromatic rings. The lowest BCUT2D eigenvalue weighted by Crippen LogP contribution is -2.48. The van der Waals surface area contributed by atoms with E-state index in [0.717, 1.165) is 36.1 Å². The van der Waals surface area contributed by atoms with Crippen LogP contribution in [0.25, 0.3) is 0 Å². The minimum Gasteiger partial charge on any atom is -0.352 e. The fourth-order valence-electron chi connectivity index (χ4n) is 3.60. The average molecular weight is 383 g/mol. The van der Waals surface area contributed by atoms with Crippen molar-refractivity contribution in [3.8, 4) is 0 Å². The van der Waals surface area contributed by atoms with Crippen LogP contribution < -0.4 is 10.6 Å². The number of benzene rings is 1. The number of carbonyl (C=O) groups excluding carboxylic acids is 2. The first kappa shape index (κ1) is 18.2. The van der Waals surface area contributed by atoms with Crippen molar-refractivity contribution < 1.29 is 9.59 Å². The molecule has 2 amide bonds. The van der Waals surface area contributed by atoms with Gasteiger partial charge in [-0.25, -0.2) is 0 Å². The standard InChI is InChI=1S/C22H26N2O2S/c25-21(23-17-11-12-17)18(13-15-7-3-1-4-8-15)24-22(26)20-14-16-9-5-2-6-10-19(16)27-20/h1,3-4,7-8,14,17-18H,2,5-6,9-13H2,(H,23,25)(H,24,26). The van der Waals surface area contributed by atoms with Crippen LogP contribution in [0.3, 0.4) is 0 Å². The van der Waals surface area contributed by atoms with Gasteiger partial charge in [0.05, 0.1) is 4.88 Å². The van der Waals surface area contributed by atoms with Gasteiger partial charge in [0.25, 0.3) is 5.91 Å². The molecule has 142 valence electrons. The van der Waals surface area contributed by atoms with Crippen LogP contribution in [0, 0.1) is 0 Å². The van der Waals surface area contributed by atoms with E-state index in [-0.39, 0.29) is 17.9 Å². The number of amides is 2. The summed E-state index contributed by atoms with van der Waals surface area (Å²) in [6.07, 6.45) is 8.39. The second-order valence-corrected chi connectivity index (χ2v) is 8.76. The maximum atomic E-state index is 12.9. The molecule has 1 saturated carbocycles. The van der Waals surface area contributed by atoms with Gasteiger partial charge in [-0.05, 0) is 55.7 Å². The Morgan fingerprint density at radius 1 is 1.07 bits per heavy atom. The number of hydrogen-bond acceptors (Lipinski definition) is 3. The molecule has 1 unspecified atom stereocenters. The van der Waals surface area contributed by atoms with Crippen LogP contribution in [0.2, 0.25) is 0 Å². The number of rotatable bonds is 6. The highest BCUT2D eigenvalue weighted by atomic mass is 32.1. The van der Waals surface area contributed by atoms with E-state index in [1.807, 2.05) is 36.4 Å². The van der Waals surface area contributed by atoms with Gasteiger partial charge < -0.3 is 10.6 Å². The molecule has 1 heterocycles. The lowest BCUT2D eigenvalue weighted by atomic mass is 10.0. The Morgan fingerprint density at radius 2 is 1.85 bits per heavy atom. The van der Waals surface area contributed by atoms with E-state index in [9.17, 15) is 9.59 Å². The summed E-state index contributed by atoms with van der Waals surface area (Å²) in [6.45, 7) is 0. The Bertz CT molecular complexity index is 787. The minimum atomic E-state index is -0.539. The summed E-state index contributed by atoms with van der Waals surface area (Å²) in [6, 6.07) is 11.7. The second-order valence-electron chi connectivity index (χ2n) is 7.62. The summed E-state index contributed by atoms with van der Waals surface area (Å²) in [5.74, 6) is -0.201. The van der Waals surface area contributed by atoms with Gasteiger partial charge in [-0.1, -0.05) is 36.8 Å². The number of nitrogens with one attached hydrogen (secondary N) is 2. The third-order valence-electron chi connectivity index (χ3n) is 5.30. The summed E-state index contributed by atoms with van der Waals surface area (Å²) >= 11 is 1.60. The van der Waals surface area contributed by atoms with Gasteiger partial charge in [0, 0.05) is 17.3 Å². The van der Waals surface area contributed by atoms with Crippen LogP contribution in [0.1, 0.15) is 57.8 Å². The lowest BCUT2D eigenvalue weighted by Gasteiger charge is -2.18. The predicted octanol–water partition coefficient (Wildman–Crippen LogP) is 3.64. The van der Waals surface area contributed by atoms with Crippen molar-refractivity contribution in [2.75, 3.05) is 0 Å². The van der Waals surface area contributed by atoms with Crippen LogP contribution >= 0.6 is 11.3 Å². The smallest absolute Gasteiger partial charge is 0.262 e. The van der Waals surface area contributed by atoms with Gasteiger partial charge in [0.2, 0.25) is 5.91 Å². The first-order valence-corrected chi connectivity index (χ1v) is 10.8. The van der Waals surface area contributed by atoms with Crippen LogP contribution in [-0.2, 0) is 24.1 Å². The fourth-order valence-corrected chi connectivity index (χ4v) is 4.75. The van der Waals surface area contributed by atoms with E-state index in [1.165, 1.54) is 29.7 Å². The molecule has 4 nitrogen and oxygen atoms in total. The Balaban J connectivity index is 1.48. The lowest BCUT2D eigenvalue weighted by molar-refractivity contribution is -0.123. The maximum absolute atomic E-state index is 12.9. The first-order valence-electron chi connectivity index (χ1n) is 9.96. The third-order valence-corrected chi connectivity index (χ3v) is 6.53. The van der Waals surface area contributed by atoms with E-state index in [1.54, 1.807) is 11.3 Å². The summed E-state index contributed by atoms with van der Waals surface area (Å²) in [7, 11) is 0. The van der Waals surface area contributed by atoms with Crippen molar-refractivity contribution in [3.05, 3.63) is 57.3 Å². The summed E-state index contributed by atoms with van der Waals surface area (Å²) in [5.41, 5.74) is 2.38. The Kier molecular flexibility index (Phi) is 5.58. The Labute approximate surface area is 164 Å². The van der Waals surface area contributed by atoms with Gasteiger partial charge in [0.1, 0.15) is 6.04 Å². The quantitative estimate of drug-likeness (QED) is 0.750. The van der Waals surface area contributed by atoms with Crippen LogP contribution in [0.4, 0.5) is 0 Å². The molecule has 4 rings (SSSR count). The van der Waals surface area contributed by atoms with Crippen molar-refractivity contribution in [1.29, 1.82) is 0 Å². The van der Waals surface area contributed by atoms with E-state index < -0.39 is 6.04 Å². The Morgan fingerprint density at radius 3 is 2.63 bits per heavy atom. The van der Waals surface area contributed by atoms with Crippen LogP contribution in [-0.4, -0.2) is 23.9 Å². The van der Waals surface area contributed by atoms with E-state index >= 15 is 0 Å². The van der Waals surface area contributed by atoms with Crippen molar-refractivity contribution in [2.45, 2.75) is 63.5 Å². The molecule has 1 aromatic carbocycles. The molecule has 5 heteroatoms. The predicted molar refractivity (Wildman–Crippen MR) is 108 cm³/mol. The normalized spacial score (nSPS) is 17.5. The van der Waals surface area contributed by atoms with Crippen molar-refractivity contribution in [1.82, 2.24) is 10.6 Å². The second kappa shape index (κ2) is 8.26. The molecular formula is C22H26N2O2S. The molecule has 1 aromatic heterocycles. The highest BCUT2D eigenvalue weighted by Crippen LogP contribution is 2.29. The molecule has 1 atom stereocenters. The van der Waals surface area contributed by atoms with Crippen LogP contribution in [0.15, 0.2) is 36.4 Å². The molecule has 2 N–H and O–H groups in total. The average Bonchev–Trinajstić information content (AvgIpc) is 3.44. The molecule has 0 saturated heterocycles. The van der Waals surface area contributed by atoms with E-state index in [4.69, 9.17) is 0 Å². The molecule has 0 bridgehead atoms. The van der Waals surface area contributed by atoms with E-state index in [0.29, 0.717) is 6.42 Å². The molecule has 2 aliphatic rings. The Hall–Kier alpha value is -2.14. The van der Waals surface area contributed by atoms with Gasteiger partial charge in [-0.2, -0.15) is 0 Å². The molecule has 1 fully saturated rings. The molecule has 0 aliphatic heterocycles. The zero-order chi connectivity index (χ0) is 18.6. The van der Waals surface area contributed by atoms with Crippen molar-refractivity contribution in [2.24, 2.45) is 0 Å². The largest absolute Gasteiger partial charge is 0.352 e. The number of hydrogen-bond donors (Lipinski definition) is 2. The third kappa shape index (κ3) is 4.78.